The first-order valence-electron chi connectivity index (χ1n) is 9.47. The smallest absolute Gasteiger partial charge is 0.253 e. The van der Waals surface area contributed by atoms with Crippen LogP contribution in [0.15, 0.2) is 71.3 Å². The number of halogens is 1. The van der Waals surface area contributed by atoms with Crippen LogP contribution >= 0.6 is 0 Å². The van der Waals surface area contributed by atoms with Crippen LogP contribution in [-0.2, 0) is 16.1 Å². The van der Waals surface area contributed by atoms with Crippen molar-refractivity contribution in [2.75, 3.05) is 10.2 Å². The predicted molar refractivity (Wildman–Crippen MR) is 108 cm³/mol. The van der Waals surface area contributed by atoms with E-state index in [-0.39, 0.29) is 24.6 Å². The van der Waals surface area contributed by atoms with Gasteiger partial charge in [0.15, 0.2) is 0 Å². The van der Waals surface area contributed by atoms with Gasteiger partial charge in [0.05, 0.1) is 35.9 Å². The molecular weight excluding hydrogens is 387 g/mol. The van der Waals surface area contributed by atoms with E-state index in [4.69, 9.17) is 4.42 Å². The molecule has 1 unspecified atom stereocenters. The molecule has 2 amide bonds. The number of anilines is 2. The highest BCUT2D eigenvalue weighted by molar-refractivity contribution is 6.05. The fraction of sp³-hybridized carbons (Fsp3) is 0.136. The molecule has 2 aromatic heterocycles. The Balaban J connectivity index is 1.48. The van der Waals surface area contributed by atoms with E-state index >= 15 is 0 Å². The molecule has 1 N–H and O–H groups in total. The molecule has 150 valence electrons. The molecule has 3 heterocycles. The quantitative estimate of drug-likeness (QED) is 0.547. The van der Waals surface area contributed by atoms with Crippen LogP contribution in [0.25, 0.3) is 11.0 Å². The lowest BCUT2D eigenvalue weighted by Gasteiger charge is -2.15. The zero-order chi connectivity index (χ0) is 20.7. The van der Waals surface area contributed by atoms with E-state index in [2.05, 4.69) is 10.3 Å². The molecule has 0 saturated carbocycles. The van der Waals surface area contributed by atoms with Gasteiger partial charge in [0, 0.05) is 0 Å². The minimum Gasteiger partial charge on any atom is -0.467 e. The minimum atomic E-state index is -0.783. The standard InChI is InChI=1S/C22H17FN4O3/c23-15-7-1-2-8-16(15)24-20(28)12-19-21(29)26(13-14-6-5-11-30-14)22-25-17-9-3-4-10-18(17)27(19)22/h1-11,19H,12-13H2,(H,24,28). The molecule has 1 atom stereocenters. The highest BCUT2D eigenvalue weighted by Gasteiger charge is 2.41. The predicted octanol–water partition coefficient (Wildman–Crippen LogP) is 3.89. The Hall–Kier alpha value is -3.94. The van der Waals surface area contributed by atoms with Gasteiger partial charge < -0.3 is 9.73 Å². The van der Waals surface area contributed by atoms with Crippen LogP contribution in [0.5, 0.6) is 0 Å². The number of fused-ring (bicyclic) bond motifs is 3. The molecule has 0 bridgehead atoms. The van der Waals surface area contributed by atoms with Crippen molar-refractivity contribution >= 4 is 34.5 Å². The maximum absolute atomic E-state index is 13.9. The molecule has 0 spiro atoms. The molecule has 8 heteroatoms. The summed E-state index contributed by atoms with van der Waals surface area (Å²) in [6.45, 7) is 0.209. The second-order valence-corrected chi connectivity index (χ2v) is 7.02. The molecule has 5 rings (SSSR count). The average Bonchev–Trinajstić information content (AvgIpc) is 3.44. The zero-order valence-corrected chi connectivity index (χ0v) is 15.8. The Morgan fingerprint density at radius 1 is 1.10 bits per heavy atom. The van der Waals surface area contributed by atoms with Gasteiger partial charge >= 0.3 is 0 Å². The Morgan fingerprint density at radius 2 is 1.90 bits per heavy atom. The largest absolute Gasteiger partial charge is 0.467 e. The molecule has 7 nitrogen and oxygen atoms in total. The van der Waals surface area contributed by atoms with E-state index in [1.165, 1.54) is 23.3 Å². The molecule has 30 heavy (non-hydrogen) atoms. The summed E-state index contributed by atoms with van der Waals surface area (Å²) < 4.78 is 21.1. The third-order valence-corrected chi connectivity index (χ3v) is 5.10. The maximum atomic E-state index is 13.9. The highest BCUT2D eigenvalue weighted by atomic mass is 19.1. The molecule has 0 fully saturated rings. The molecule has 0 saturated heterocycles. The van der Waals surface area contributed by atoms with Gasteiger partial charge in [-0.3, -0.25) is 19.1 Å². The average molecular weight is 404 g/mol. The van der Waals surface area contributed by atoms with Crippen molar-refractivity contribution in [1.82, 2.24) is 9.55 Å². The number of nitrogens with one attached hydrogen (secondary N) is 1. The maximum Gasteiger partial charge on any atom is 0.253 e. The van der Waals surface area contributed by atoms with Crippen molar-refractivity contribution in [3.63, 3.8) is 0 Å². The summed E-state index contributed by atoms with van der Waals surface area (Å²) in [5.41, 5.74) is 1.56. The molecule has 2 aromatic carbocycles. The lowest BCUT2D eigenvalue weighted by Crippen LogP contribution is -2.31. The molecule has 0 aliphatic carbocycles. The molecule has 1 aliphatic heterocycles. The SMILES string of the molecule is O=C(CC1C(=O)N(Cc2ccco2)c2nc3ccccc3n21)Nc1ccccc1F. The van der Waals surface area contributed by atoms with Crippen LogP contribution in [0.1, 0.15) is 18.2 Å². The van der Waals surface area contributed by atoms with E-state index < -0.39 is 17.8 Å². The highest BCUT2D eigenvalue weighted by Crippen LogP contribution is 2.37. The number of hydrogen-bond donors (Lipinski definition) is 1. The fourth-order valence-corrected chi connectivity index (χ4v) is 3.74. The number of furan rings is 1. The molecular formula is C22H17FN4O3. The van der Waals surface area contributed by atoms with Crippen molar-refractivity contribution in [1.29, 1.82) is 0 Å². The Labute approximate surface area is 170 Å². The van der Waals surface area contributed by atoms with Crippen molar-refractivity contribution in [3.05, 3.63) is 78.5 Å². The van der Waals surface area contributed by atoms with E-state index in [1.807, 2.05) is 24.3 Å². The van der Waals surface area contributed by atoms with Crippen molar-refractivity contribution in [3.8, 4) is 0 Å². The summed E-state index contributed by atoms with van der Waals surface area (Å²) >= 11 is 0. The number of imidazole rings is 1. The summed E-state index contributed by atoms with van der Waals surface area (Å²) in [6.07, 6.45) is 1.40. The first kappa shape index (κ1) is 18.1. The summed E-state index contributed by atoms with van der Waals surface area (Å²) in [5, 5.41) is 2.55. The summed E-state index contributed by atoms with van der Waals surface area (Å²) in [4.78, 5) is 32.0. The first-order valence-corrected chi connectivity index (χ1v) is 9.47. The van der Waals surface area contributed by atoms with Gasteiger partial charge in [-0.05, 0) is 36.4 Å². The number of benzene rings is 2. The topological polar surface area (TPSA) is 80.4 Å². The summed E-state index contributed by atoms with van der Waals surface area (Å²) in [5.74, 6) is -0.179. The Kier molecular flexibility index (Phi) is 4.31. The number of carbonyl (C=O) groups excluding carboxylic acids is 2. The van der Waals surface area contributed by atoms with Crippen LogP contribution < -0.4 is 10.2 Å². The monoisotopic (exact) mass is 404 g/mol. The van der Waals surface area contributed by atoms with E-state index in [0.717, 1.165) is 11.0 Å². The minimum absolute atomic E-state index is 0.0797. The number of hydrogen-bond acceptors (Lipinski definition) is 4. The van der Waals surface area contributed by atoms with E-state index in [9.17, 15) is 14.0 Å². The van der Waals surface area contributed by atoms with Gasteiger partial charge in [-0.25, -0.2) is 9.37 Å². The Bertz CT molecular complexity index is 1250. The van der Waals surface area contributed by atoms with Crippen LogP contribution in [-0.4, -0.2) is 21.4 Å². The number of rotatable bonds is 5. The van der Waals surface area contributed by atoms with Gasteiger partial charge in [0.2, 0.25) is 11.9 Å². The number of carbonyl (C=O) groups is 2. The van der Waals surface area contributed by atoms with E-state index in [1.54, 1.807) is 28.8 Å². The zero-order valence-electron chi connectivity index (χ0n) is 15.8. The Morgan fingerprint density at radius 3 is 2.70 bits per heavy atom. The second kappa shape index (κ2) is 7.14. The van der Waals surface area contributed by atoms with Gasteiger partial charge in [0.25, 0.3) is 5.91 Å². The van der Waals surface area contributed by atoms with Crippen LogP contribution in [0.4, 0.5) is 16.0 Å². The molecule has 1 aliphatic rings. The van der Waals surface area contributed by atoms with Crippen molar-refractivity contribution in [2.24, 2.45) is 0 Å². The lowest BCUT2D eigenvalue weighted by molar-refractivity contribution is -0.124. The van der Waals surface area contributed by atoms with Crippen LogP contribution in [0.3, 0.4) is 0 Å². The summed E-state index contributed by atoms with van der Waals surface area (Å²) in [7, 11) is 0. The van der Waals surface area contributed by atoms with E-state index in [0.29, 0.717) is 11.7 Å². The van der Waals surface area contributed by atoms with Crippen LogP contribution in [0, 0.1) is 5.82 Å². The third kappa shape index (κ3) is 3.02. The van der Waals surface area contributed by atoms with Crippen molar-refractivity contribution in [2.45, 2.75) is 19.0 Å². The normalized spacial score (nSPS) is 15.6. The summed E-state index contributed by atoms with van der Waals surface area (Å²) in [6, 6.07) is 16.1. The molecule has 0 radical (unpaired) electrons. The van der Waals surface area contributed by atoms with Gasteiger partial charge in [-0.2, -0.15) is 0 Å². The van der Waals surface area contributed by atoms with Crippen molar-refractivity contribution < 1.29 is 18.4 Å². The first-order chi connectivity index (χ1) is 14.6. The molecule has 4 aromatic rings. The van der Waals surface area contributed by atoms with Gasteiger partial charge in [0.1, 0.15) is 17.6 Å². The lowest BCUT2D eigenvalue weighted by atomic mass is 10.1. The number of para-hydroxylation sites is 3. The van der Waals surface area contributed by atoms with Crippen LogP contribution in [0.2, 0.25) is 0 Å². The van der Waals surface area contributed by atoms with Gasteiger partial charge in [-0.15, -0.1) is 0 Å². The second-order valence-electron chi connectivity index (χ2n) is 7.02. The van der Waals surface area contributed by atoms with Gasteiger partial charge in [-0.1, -0.05) is 24.3 Å². The number of nitrogens with zero attached hydrogens (tertiary/aromatic N) is 3. The fourth-order valence-electron chi connectivity index (χ4n) is 3.74. The third-order valence-electron chi connectivity index (χ3n) is 5.10. The number of aromatic nitrogens is 2. The number of amides is 2.